The molecule has 1 heterocycles. The molecule has 0 spiro atoms. The van der Waals surface area contributed by atoms with Gasteiger partial charge in [0.05, 0.1) is 12.5 Å². The van der Waals surface area contributed by atoms with Gasteiger partial charge in [-0.05, 0) is 44.4 Å². The minimum atomic E-state index is -0.236. The Kier molecular flexibility index (Phi) is 5.66. The van der Waals surface area contributed by atoms with E-state index >= 15 is 0 Å². The number of halogens is 1. The van der Waals surface area contributed by atoms with Gasteiger partial charge >= 0.3 is 12.0 Å². The molecule has 1 fully saturated rings. The molecule has 2 amide bonds. The molecule has 1 N–H and O–H groups in total. The average molecular weight is 325 g/mol. The first kappa shape index (κ1) is 16.6. The third kappa shape index (κ3) is 3.91. The molecule has 1 aromatic rings. The van der Waals surface area contributed by atoms with Gasteiger partial charge < -0.3 is 15.0 Å². The highest BCUT2D eigenvalue weighted by molar-refractivity contribution is 6.31. The van der Waals surface area contributed by atoms with Crippen LogP contribution in [0.15, 0.2) is 18.2 Å². The zero-order valence-electron chi connectivity index (χ0n) is 12.9. The van der Waals surface area contributed by atoms with E-state index in [1.165, 1.54) is 0 Å². The number of amides is 2. The normalized spacial score (nSPS) is 18.0. The molecule has 1 atom stereocenters. The Balaban J connectivity index is 2.00. The van der Waals surface area contributed by atoms with E-state index in [0.717, 1.165) is 18.4 Å². The van der Waals surface area contributed by atoms with Gasteiger partial charge in [0.2, 0.25) is 0 Å². The SMILES string of the molecule is CCOC(=O)[C@@H]1CCCN(C(=O)Nc2cccc(Cl)c2C)C1. The molecule has 0 aromatic heterocycles. The van der Waals surface area contributed by atoms with Crippen molar-refractivity contribution in [1.82, 2.24) is 4.90 Å². The van der Waals surface area contributed by atoms with Crippen molar-refractivity contribution in [3.05, 3.63) is 28.8 Å². The second-order valence-corrected chi connectivity index (χ2v) is 5.79. The topological polar surface area (TPSA) is 58.6 Å². The quantitative estimate of drug-likeness (QED) is 0.866. The molecular formula is C16H21ClN2O3. The molecule has 2 rings (SSSR count). The number of ether oxygens (including phenoxy) is 1. The number of hydrogen-bond donors (Lipinski definition) is 1. The third-order valence-corrected chi connectivity index (χ3v) is 4.25. The number of likely N-dealkylation sites (tertiary alicyclic amines) is 1. The zero-order valence-corrected chi connectivity index (χ0v) is 13.7. The number of carbonyl (C=O) groups excluding carboxylic acids is 2. The van der Waals surface area contributed by atoms with Crippen molar-refractivity contribution in [2.45, 2.75) is 26.7 Å². The van der Waals surface area contributed by atoms with Crippen LogP contribution in [0, 0.1) is 12.8 Å². The fourth-order valence-corrected chi connectivity index (χ4v) is 2.73. The summed E-state index contributed by atoms with van der Waals surface area (Å²) in [6.45, 7) is 5.04. The Bertz CT molecular complexity index is 562. The summed E-state index contributed by atoms with van der Waals surface area (Å²) in [6, 6.07) is 5.18. The largest absolute Gasteiger partial charge is 0.466 e. The van der Waals surface area contributed by atoms with Gasteiger partial charge in [-0.25, -0.2) is 4.79 Å². The summed E-state index contributed by atoms with van der Waals surface area (Å²) in [6.07, 6.45) is 1.56. The predicted octanol–water partition coefficient (Wildman–Crippen LogP) is 3.46. The van der Waals surface area contributed by atoms with E-state index in [1.54, 1.807) is 24.0 Å². The van der Waals surface area contributed by atoms with Crippen molar-refractivity contribution in [2.75, 3.05) is 25.0 Å². The van der Waals surface area contributed by atoms with Crippen LogP contribution in [0.25, 0.3) is 0 Å². The van der Waals surface area contributed by atoms with E-state index in [2.05, 4.69) is 5.32 Å². The van der Waals surface area contributed by atoms with Crippen LogP contribution in [-0.2, 0) is 9.53 Å². The highest BCUT2D eigenvalue weighted by atomic mass is 35.5. The number of nitrogens with zero attached hydrogens (tertiary/aromatic N) is 1. The molecule has 1 aliphatic heterocycles. The summed E-state index contributed by atoms with van der Waals surface area (Å²) in [5, 5.41) is 3.47. The maximum Gasteiger partial charge on any atom is 0.321 e. The van der Waals surface area contributed by atoms with Gasteiger partial charge in [0.25, 0.3) is 0 Å². The molecular weight excluding hydrogens is 304 g/mol. The second kappa shape index (κ2) is 7.49. The van der Waals surface area contributed by atoms with Gasteiger partial charge in [0.1, 0.15) is 0 Å². The lowest BCUT2D eigenvalue weighted by Gasteiger charge is -2.31. The maximum absolute atomic E-state index is 12.4. The molecule has 0 unspecified atom stereocenters. The molecule has 0 radical (unpaired) electrons. The Morgan fingerprint density at radius 3 is 2.95 bits per heavy atom. The van der Waals surface area contributed by atoms with E-state index in [9.17, 15) is 9.59 Å². The van der Waals surface area contributed by atoms with Gasteiger partial charge in [-0.2, -0.15) is 0 Å². The molecule has 0 aliphatic carbocycles. The van der Waals surface area contributed by atoms with Gasteiger partial charge in [-0.3, -0.25) is 4.79 Å². The van der Waals surface area contributed by atoms with Crippen LogP contribution in [0.3, 0.4) is 0 Å². The molecule has 120 valence electrons. The van der Waals surface area contributed by atoms with Crippen molar-refractivity contribution >= 4 is 29.3 Å². The third-order valence-electron chi connectivity index (χ3n) is 3.84. The number of rotatable bonds is 3. The molecule has 22 heavy (non-hydrogen) atoms. The van der Waals surface area contributed by atoms with Gasteiger partial charge in [-0.15, -0.1) is 0 Å². The van der Waals surface area contributed by atoms with Crippen molar-refractivity contribution in [1.29, 1.82) is 0 Å². The standard InChI is InChI=1S/C16H21ClN2O3/c1-3-22-15(20)12-6-5-9-19(10-12)16(21)18-14-8-4-7-13(17)11(14)2/h4,7-8,12H,3,5-6,9-10H2,1-2H3,(H,18,21)/t12-/m1/s1. The van der Waals surface area contributed by atoms with Gasteiger partial charge in [0, 0.05) is 23.8 Å². The van der Waals surface area contributed by atoms with Crippen LogP contribution < -0.4 is 5.32 Å². The first-order chi connectivity index (χ1) is 10.5. The number of nitrogens with one attached hydrogen (secondary N) is 1. The average Bonchev–Trinajstić information content (AvgIpc) is 2.52. The minimum Gasteiger partial charge on any atom is -0.466 e. The smallest absolute Gasteiger partial charge is 0.321 e. The number of piperidine rings is 1. The monoisotopic (exact) mass is 324 g/mol. The Labute approximate surface area is 135 Å². The van der Waals surface area contributed by atoms with Crippen LogP contribution >= 0.6 is 11.6 Å². The number of esters is 1. The molecule has 6 heteroatoms. The summed E-state index contributed by atoms with van der Waals surface area (Å²) >= 11 is 6.06. The molecule has 1 aromatic carbocycles. The lowest BCUT2D eigenvalue weighted by Crippen LogP contribution is -2.44. The highest BCUT2D eigenvalue weighted by Gasteiger charge is 2.29. The van der Waals surface area contributed by atoms with Gasteiger partial charge in [-0.1, -0.05) is 17.7 Å². The summed E-state index contributed by atoms with van der Waals surface area (Å²) in [5.41, 5.74) is 1.52. The van der Waals surface area contributed by atoms with Crippen molar-refractivity contribution in [3.63, 3.8) is 0 Å². The van der Waals surface area contributed by atoms with Crippen LogP contribution in [-0.4, -0.2) is 36.6 Å². The van der Waals surface area contributed by atoms with Gasteiger partial charge in [0.15, 0.2) is 0 Å². The van der Waals surface area contributed by atoms with Crippen molar-refractivity contribution < 1.29 is 14.3 Å². The fourth-order valence-electron chi connectivity index (χ4n) is 2.55. The van der Waals surface area contributed by atoms with E-state index in [0.29, 0.717) is 30.4 Å². The number of urea groups is 1. The summed E-state index contributed by atoms with van der Waals surface area (Å²) < 4.78 is 5.05. The molecule has 0 saturated carbocycles. The number of carbonyl (C=O) groups is 2. The molecule has 5 nitrogen and oxygen atoms in total. The fraction of sp³-hybridized carbons (Fsp3) is 0.500. The first-order valence-electron chi connectivity index (χ1n) is 7.50. The summed E-state index contributed by atoms with van der Waals surface area (Å²) in [5.74, 6) is -0.459. The van der Waals surface area contributed by atoms with E-state index in [1.807, 2.05) is 13.0 Å². The van der Waals surface area contributed by atoms with Crippen LogP contribution in [0.1, 0.15) is 25.3 Å². The van der Waals surface area contributed by atoms with E-state index in [4.69, 9.17) is 16.3 Å². The summed E-state index contributed by atoms with van der Waals surface area (Å²) in [7, 11) is 0. The summed E-state index contributed by atoms with van der Waals surface area (Å²) in [4.78, 5) is 25.9. The Morgan fingerprint density at radius 1 is 1.45 bits per heavy atom. The van der Waals surface area contributed by atoms with Crippen LogP contribution in [0.5, 0.6) is 0 Å². The lowest BCUT2D eigenvalue weighted by atomic mass is 9.98. The second-order valence-electron chi connectivity index (χ2n) is 5.38. The Hall–Kier alpha value is -1.75. The maximum atomic E-state index is 12.4. The van der Waals surface area contributed by atoms with Crippen LogP contribution in [0.4, 0.5) is 10.5 Å². The number of anilines is 1. The predicted molar refractivity (Wildman–Crippen MR) is 86.1 cm³/mol. The van der Waals surface area contributed by atoms with Crippen molar-refractivity contribution in [2.24, 2.45) is 5.92 Å². The number of benzene rings is 1. The molecule has 1 saturated heterocycles. The van der Waals surface area contributed by atoms with Crippen LogP contribution in [0.2, 0.25) is 5.02 Å². The zero-order chi connectivity index (χ0) is 16.1. The lowest BCUT2D eigenvalue weighted by molar-refractivity contribution is -0.149. The minimum absolute atomic E-state index is 0.209. The van der Waals surface area contributed by atoms with E-state index < -0.39 is 0 Å². The first-order valence-corrected chi connectivity index (χ1v) is 7.88. The Morgan fingerprint density at radius 2 is 2.23 bits per heavy atom. The van der Waals surface area contributed by atoms with Crippen molar-refractivity contribution in [3.8, 4) is 0 Å². The number of hydrogen-bond acceptors (Lipinski definition) is 3. The highest BCUT2D eigenvalue weighted by Crippen LogP contribution is 2.24. The molecule has 0 bridgehead atoms. The molecule has 1 aliphatic rings. The van der Waals surface area contributed by atoms with E-state index in [-0.39, 0.29) is 17.9 Å².